The number of aryl methyl sites for hydroxylation is 1. The van der Waals surface area contributed by atoms with Gasteiger partial charge in [-0.05, 0) is 19.4 Å². The average molecular weight is 405 g/mol. The number of thioether (sulfide) groups is 1. The molecule has 150 valence electrons. The normalized spacial score (nSPS) is 11.5. The number of aromatic nitrogens is 1. The lowest BCUT2D eigenvalue weighted by Crippen LogP contribution is -2.37. The number of esters is 1. The number of carbonyl (C=O) groups is 3. The van der Waals surface area contributed by atoms with E-state index in [4.69, 9.17) is 9.26 Å². The molecule has 8 nitrogen and oxygen atoms in total. The summed E-state index contributed by atoms with van der Waals surface area (Å²) >= 11 is 1.09. The first kappa shape index (κ1) is 21.5. The van der Waals surface area contributed by atoms with E-state index >= 15 is 0 Å². The summed E-state index contributed by atoms with van der Waals surface area (Å²) in [5, 5.41) is 6.21. The molecular weight excluding hydrogens is 382 g/mol. The van der Waals surface area contributed by atoms with Crippen molar-refractivity contribution in [2.24, 2.45) is 0 Å². The van der Waals surface area contributed by atoms with Crippen LogP contribution in [-0.4, -0.2) is 52.5 Å². The van der Waals surface area contributed by atoms with E-state index in [2.05, 4.69) is 10.5 Å². The van der Waals surface area contributed by atoms with E-state index in [1.807, 2.05) is 30.3 Å². The lowest BCUT2D eigenvalue weighted by molar-refractivity contribution is -0.156. The summed E-state index contributed by atoms with van der Waals surface area (Å²) < 4.78 is 10.0. The summed E-state index contributed by atoms with van der Waals surface area (Å²) in [5.74, 6) is -0.223. The van der Waals surface area contributed by atoms with Crippen molar-refractivity contribution in [1.29, 1.82) is 0 Å². The summed E-state index contributed by atoms with van der Waals surface area (Å²) in [6.45, 7) is 3.68. The van der Waals surface area contributed by atoms with Crippen molar-refractivity contribution < 1.29 is 23.6 Å². The van der Waals surface area contributed by atoms with Crippen LogP contribution < -0.4 is 5.32 Å². The van der Waals surface area contributed by atoms with Crippen molar-refractivity contribution in [3.05, 3.63) is 47.7 Å². The molecule has 0 aliphatic rings. The molecule has 0 aliphatic carbocycles. The Morgan fingerprint density at radius 2 is 1.96 bits per heavy atom. The fourth-order valence-corrected chi connectivity index (χ4v) is 2.95. The maximum absolute atomic E-state index is 12.3. The molecule has 1 heterocycles. The van der Waals surface area contributed by atoms with Crippen LogP contribution in [0.1, 0.15) is 18.2 Å². The van der Waals surface area contributed by atoms with E-state index in [9.17, 15) is 14.4 Å². The van der Waals surface area contributed by atoms with Crippen LogP contribution in [0, 0.1) is 6.92 Å². The number of nitrogens with one attached hydrogen (secondary N) is 1. The minimum Gasteiger partial charge on any atom is -0.452 e. The SMILES string of the molecule is Cc1cc(NC(=O)CSCC(=O)O[C@H](C)C(=O)N(C)Cc2ccccc2)no1. The minimum atomic E-state index is -0.895. The first-order valence-electron chi connectivity index (χ1n) is 8.64. The quantitative estimate of drug-likeness (QED) is 0.638. The van der Waals surface area contributed by atoms with E-state index in [-0.39, 0.29) is 23.3 Å². The summed E-state index contributed by atoms with van der Waals surface area (Å²) in [6.07, 6.45) is -0.895. The minimum absolute atomic E-state index is 0.0364. The smallest absolute Gasteiger partial charge is 0.316 e. The van der Waals surface area contributed by atoms with Crippen LogP contribution in [0.5, 0.6) is 0 Å². The maximum atomic E-state index is 12.3. The number of hydrogen-bond acceptors (Lipinski definition) is 7. The fraction of sp³-hybridized carbons (Fsp3) is 0.368. The molecule has 2 rings (SSSR count). The highest BCUT2D eigenvalue weighted by Gasteiger charge is 2.21. The van der Waals surface area contributed by atoms with Crippen molar-refractivity contribution >= 4 is 35.4 Å². The molecule has 0 unspecified atom stereocenters. The molecule has 0 radical (unpaired) electrons. The van der Waals surface area contributed by atoms with Gasteiger partial charge in [-0.3, -0.25) is 14.4 Å². The number of benzene rings is 1. The number of likely N-dealkylation sites (N-methyl/N-ethyl adjacent to an activating group) is 1. The fourth-order valence-electron chi connectivity index (χ4n) is 2.36. The first-order chi connectivity index (χ1) is 13.3. The third-order valence-electron chi connectivity index (χ3n) is 3.64. The lowest BCUT2D eigenvalue weighted by Gasteiger charge is -2.21. The summed E-state index contributed by atoms with van der Waals surface area (Å²) in [6, 6.07) is 11.1. The van der Waals surface area contributed by atoms with Crippen LogP contribution in [0.15, 0.2) is 40.9 Å². The predicted octanol–water partition coefficient (Wildman–Crippen LogP) is 2.25. The maximum Gasteiger partial charge on any atom is 0.316 e. The van der Waals surface area contributed by atoms with Gasteiger partial charge in [-0.15, -0.1) is 11.8 Å². The number of ether oxygens (including phenoxy) is 1. The van der Waals surface area contributed by atoms with E-state index < -0.39 is 12.1 Å². The molecule has 0 spiro atoms. The summed E-state index contributed by atoms with van der Waals surface area (Å²) in [4.78, 5) is 37.5. The second-order valence-electron chi connectivity index (χ2n) is 6.18. The standard InChI is InChI=1S/C19H23N3O5S/c1-13-9-16(21-27-13)20-17(23)11-28-12-18(24)26-14(2)19(25)22(3)10-15-7-5-4-6-8-15/h4-9,14H,10-12H2,1-3H3,(H,20,21,23)/t14-/m1/s1. The number of anilines is 1. The highest BCUT2D eigenvalue weighted by atomic mass is 32.2. The van der Waals surface area contributed by atoms with Gasteiger partial charge in [0, 0.05) is 19.7 Å². The molecule has 2 aromatic rings. The Balaban J connectivity index is 1.68. The molecule has 1 atom stereocenters. The number of nitrogens with zero attached hydrogens (tertiary/aromatic N) is 2. The summed E-state index contributed by atoms with van der Waals surface area (Å²) in [7, 11) is 1.66. The molecule has 0 bridgehead atoms. The largest absolute Gasteiger partial charge is 0.452 e. The van der Waals surface area contributed by atoms with Gasteiger partial charge in [0.1, 0.15) is 5.76 Å². The van der Waals surface area contributed by atoms with Crippen molar-refractivity contribution in [2.75, 3.05) is 23.9 Å². The van der Waals surface area contributed by atoms with Crippen LogP contribution >= 0.6 is 11.8 Å². The van der Waals surface area contributed by atoms with Gasteiger partial charge in [-0.25, -0.2) is 0 Å². The van der Waals surface area contributed by atoms with Gasteiger partial charge < -0.3 is 19.5 Å². The van der Waals surface area contributed by atoms with E-state index in [1.165, 1.54) is 11.8 Å². The highest BCUT2D eigenvalue weighted by Crippen LogP contribution is 2.10. The molecule has 1 aromatic carbocycles. The third kappa shape index (κ3) is 7.07. The number of carbonyl (C=O) groups excluding carboxylic acids is 3. The molecule has 2 amide bonds. The Bertz CT molecular complexity index is 809. The second kappa shape index (κ2) is 10.5. The average Bonchev–Trinajstić information content (AvgIpc) is 3.06. The van der Waals surface area contributed by atoms with Crippen molar-refractivity contribution in [2.45, 2.75) is 26.5 Å². The lowest BCUT2D eigenvalue weighted by atomic mass is 10.2. The van der Waals surface area contributed by atoms with E-state index in [0.29, 0.717) is 18.1 Å². The first-order valence-corrected chi connectivity index (χ1v) is 9.80. The molecule has 0 fully saturated rings. The molecule has 1 N–H and O–H groups in total. The van der Waals surface area contributed by atoms with Crippen LogP contribution in [0.3, 0.4) is 0 Å². The van der Waals surface area contributed by atoms with Gasteiger partial charge in [0.15, 0.2) is 11.9 Å². The van der Waals surface area contributed by atoms with Gasteiger partial charge in [-0.2, -0.15) is 0 Å². The van der Waals surface area contributed by atoms with Crippen molar-refractivity contribution in [3.8, 4) is 0 Å². The Morgan fingerprint density at radius 1 is 1.25 bits per heavy atom. The molecular formula is C19H23N3O5S. The number of hydrogen-bond donors (Lipinski definition) is 1. The van der Waals surface area contributed by atoms with Crippen molar-refractivity contribution in [1.82, 2.24) is 10.1 Å². The Labute approximate surface area is 167 Å². The predicted molar refractivity (Wildman–Crippen MR) is 106 cm³/mol. The van der Waals surface area contributed by atoms with Gasteiger partial charge in [0.2, 0.25) is 5.91 Å². The second-order valence-corrected chi connectivity index (χ2v) is 7.16. The van der Waals surface area contributed by atoms with Gasteiger partial charge in [0.25, 0.3) is 5.91 Å². The zero-order chi connectivity index (χ0) is 20.5. The van der Waals surface area contributed by atoms with Gasteiger partial charge in [0.05, 0.1) is 11.5 Å². The highest BCUT2D eigenvalue weighted by molar-refractivity contribution is 8.00. The molecule has 28 heavy (non-hydrogen) atoms. The molecule has 9 heteroatoms. The van der Waals surface area contributed by atoms with Gasteiger partial charge >= 0.3 is 5.97 Å². The Hall–Kier alpha value is -2.81. The van der Waals surface area contributed by atoms with Crippen LogP contribution in [-0.2, 0) is 25.7 Å². The number of rotatable bonds is 9. The van der Waals surface area contributed by atoms with Crippen LogP contribution in [0.2, 0.25) is 0 Å². The molecule has 0 saturated carbocycles. The molecule has 1 aromatic heterocycles. The monoisotopic (exact) mass is 405 g/mol. The zero-order valence-corrected chi connectivity index (χ0v) is 16.8. The Kier molecular flexibility index (Phi) is 8.06. The van der Waals surface area contributed by atoms with Gasteiger partial charge in [-0.1, -0.05) is 35.5 Å². The topological polar surface area (TPSA) is 102 Å². The third-order valence-corrected chi connectivity index (χ3v) is 4.55. The van der Waals surface area contributed by atoms with Crippen molar-refractivity contribution in [3.63, 3.8) is 0 Å². The zero-order valence-electron chi connectivity index (χ0n) is 16.0. The Morgan fingerprint density at radius 3 is 2.61 bits per heavy atom. The number of amides is 2. The summed E-state index contributed by atoms with van der Waals surface area (Å²) in [5.41, 5.74) is 0.987. The van der Waals surface area contributed by atoms with Crippen LogP contribution in [0.25, 0.3) is 0 Å². The van der Waals surface area contributed by atoms with Crippen LogP contribution in [0.4, 0.5) is 5.82 Å². The molecule has 0 aliphatic heterocycles. The molecule has 0 saturated heterocycles. The van der Waals surface area contributed by atoms with E-state index in [1.54, 1.807) is 20.0 Å². The van der Waals surface area contributed by atoms with E-state index in [0.717, 1.165) is 17.3 Å².